The Hall–Kier alpha value is -2.08. The Bertz CT molecular complexity index is 578. The topological polar surface area (TPSA) is 0 Å². The molecule has 3 rings (SSSR count). The van der Waals surface area contributed by atoms with Gasteiger partial charge in [0, 0.05) is 0 Å². The van der Waals surface area contributed by atoms with Crippen LogP contribution in [0.5, 0.6) is 0 Å². The van der Waals surface area contributed by atoms with Crippen molar-refractivity contribution in [2.75, 3.05) is 0 Å². The first-order valence-electron chi connectivity index (χ1n) is 7.26. The summed E-state index contributed by atoms with van der Waals surface area (Å²) in [6.07, 6.45) is 6.13. The standard InChI is InChI=1S/C20H20/c1-3-9-15-16(10-4-2)18-12-6-8-14-20(18)19-13-7-5-11-17(15)19/h3-8,11-16H,1-2,9-10H2. The fourth-order valence-electron chi connectivity index (χ4n) is 3.51. The summed E-state index contributed by atoms with van der Waals surface area (Å²) in [6.45, 7) is 7.90. The van der Waals surface area contributed by atoms with Crippen molar-refractivity contribution >= 4 is 0 Å². The summed E-state index contributed by atoms with van der Waals surface area (Å²) in [6, 6.07) is 17.6. The lowest BCUT2D eigenvalue weighted by Gasteiger charge is -2.34. The molecule has 0 amide bonds. The van der Waals surface area contributed by atoms with Gasteiger partial charge in [-0.3, -0.25) is 0 Å². The van der Waals surface area contributed by atoms with Crippen LogP contribution in [0.3, 0.4) is 0 Å². The predicted octanol–water partition coefficient (Wildman–Crippen LogP) is 5.69. The maximum atomic E-state index is 3.95. The highest BCUT2D eigenvalue weighted by molar-refractivity contribution is 5.75. The summed E-state index contributed by atoms with van der Waals surface area (Å²) >= 11 is 0. The third kappa shape index (κ3) is 2.02. The molecule has 2 aromatic carbocycles. The molecule has 0 radical (unpaired) electrons. The number of fused-ring (bicyclic) bond motifs is 3. The van der Waals surface area contributed by atoms with E-state index in [9.17, 15) is 0 Å². The van der Waals surface area contributed by atoms with Gasteiger partial charge >= 0.3 is 0 Å². The van der Waals surface area contributed by atoms with Gasteiger partial charge in [0.15, 0.2) is 0 Å². The van der Waals surface area contributed by atoms with Gasteiger partial charge in [-0.15, -0.1) is 13.2 Å². The lowest BCUT2D eigenvalue weighted by atomic mass is 9.69. The monoisotopic (exact) mass is 260 g/mol. The zero-order valence-electron chi connectivity index (χ0n) is 11.8. The molecule has 0 N–H and O–H groups in total. The molecule has 2 unspecified atom stereocenters. The quantitative estimate of drug-likeness (QED) is 0.620. The summed E-state index contributed by atoms with van der Waals surface area (Å²) in [4.78, 5) is 0. The van der Waals surface area contributed by atoms with Crippen LogP contribution in [0, 0.1) is 0 Å². The van der Waals surface area contributed by atoms with Crippen LogP contribution >= 0.6 is 0 Å². The Morgan fingerprint density at radius 2 is 1.10 bits per heavy atom. The van der Waals surface area contributed by atoms with Crippen LogP contribution in [-0.2, 0) is 0 Å². The van der Waals surface area contributed by atoms with Crippen molar-refractivity contribution in [3.63, 3.8) is 0 Å². The molecule has 0 aromatic heterocycles. The van der Waals surface area contributed by atoms with Crippen LogP contribution in [0.25, 0.3) is 11.1 Å². The molecule has 0 aliphatic heterocycles. The Morgan fingerprint density at radius 1 is 0.700 bits per heavy atom. The van der Waals surface area contributed by atoms with Crippen LogP contribution in [0.1, 0.15) is 35.8 Å². The van der Waals surface area contributed by atoms with Crippen molar-refractivity contribution in [2.24, 2.45) is 0 Å². The molecule has 0 fully saturated rings. The Kier molecular flexibility index (Phi) is 3.56. The summed E-state index contributed by atoms with van der Waals surface area (Å²) < 4.78 is 0. The molecule has 1 aliphatic carbocycles. The van der Waals surface area contributed by atoms with E-state index in [1.807, 2.05) is 12.2 Å². The molecule has 100 valence electrons. The highest BCUT2D eigenvalue weighted by atomic mass is 14.3. The summed E-state index contributed by atoms with van der Waals surface area (Å²) in [5, 5.41) is 0. The molecule has 0 saturated heterocycles. The number of allylic oxidation sites excluding steroid dienone is 2. The van der Waals surface area contributed by atoms with Gasteiger partial charge in [-0.25, -0.2) is 0 Å². The van der Waals surface area contributed by atoms with E-state index in [4.69, 9.17) is 0 Å². The molecule has 0 spiro atoms. The largest absolute Gasteiger partial charge is 0.103 e. The van der Waals surface area contributed by atoms with Gasteiger partial charge in [-0.2, -0.15) is 0 Å². The van der Waals surface area contributed by atoms with Gasteiger partial charge in [0.25, 0.3) is 0 Å². The summed E-state index contributed by atoms with van der Waals surface area (Å²) in [5.41, 5.74) is 5.68. The molecule has 20 heavy (non-hydrogen) atoms. The SMILES string of the molecule is C=CCC1c2ccccc2-c2ccccc2C1CC=C. The minimum Gasteiger partial charge on any atom is -0.103 e. The first-order chi connectivity index (χ1) is 9.86. The van der Waals surface area contributed by atoms with Crippen LogP contribution in [0.15, 0.2) is 73.8 Å². The van der Waals surface area contributed by atoms with Gasteiger partial charge in [0.05, 0.1) is 0 Å². The molecule has 2 aromatic rings. The first-order valence-corrected chi connectivity index (χ1v) is 7.26. The zero-order chi connectivity index (χ0) is 13.9. The van der Waals surface area contributed by atoms with Crippen molar-refractivity contribution < 1.29 is 0 Å². The molecule has 0 heteroatoms. The highest BCUT2D eigenvalue weighted by Crippen LogP contribution is 2.49. The molecule has 1 aliphatic rings. The van der Waals surface area contributed by atoms with E-state index in [-0.39, 0.29) is 0 Å². The average Bonchev–Trinajstić information content (AvgIpc) is 2.51. The molecule has 0 nitrogen and oxygen atoms in total. The second kappa shape index (κ2) is 5.50. The van der Waals surface area contributed by atoms with E-state index >= 15 is 0 Å². The Balaban J connectivity index is 2.22. The van der Waals surface area contributed by atoms with Gasteiger partial charge in [-0.05, 0) is 46.9 Å². The van der Waals surface area contributed by atoms with Crippen molar-refractivity contribution in [1.29, 1.82) is 0 Å². The summed E-state index contributed by atoms with van der Waals surface area (Å²) in [5.74, 6) is 1.02. The smallest absolute Gasteiger partial charge is 0.00493 e. The molecule has 0 bridgehead atoms. The number of benzene rings is 2. The minimum absolute atomic E-state index is 0.511. The second-order valence-corrected chi connectivity index (χ2v) is 5.44. The van der Waals surface area contributed by atoms with E-state index < -0.39 is 0 Å². The van der Waals surface area contributed by atoms with E-state index in [1.165, 1.54) is 22.3 Å². The number of rotatable bonds is 4. The first kappa shape index (κ1) is 12.9. The van der Waals surface area contributed by atoms with Crippen LogP contribution < -0.4 is 0 Å². The van der Waals surface area contributed by atoms with Crippen LogP contribution in [0.4, 0.5) is 0 Å². The van der Waals surface area contributed by atoms with Crippen molar-refractivity contribution in [1.82, 2.24) is 0 Å². The fourth-order valence-corrected chi connectivity index (χ4v) is 3.51. The molecular formula is C20H20. The van der Waals surface area contributed by atoms with E-state index in [1.54, 1.807) is 0 Å². The number of hydrogen-bond donors (Lipinski definition) is 0. The molecule has 0 saturated carbocycles. The van der Waals surface area contributed by atoms with E-state index in [0.717, 1.165) is 12.8 Å². The third-order valence-corrected chi connectivity index (χ3v) is 4.34. The fraction of sp³-hybridized carbons (Fsp3) is 0.200. The maximum absolute atomic E-state index is 3.95. The zero-order valence-corrected chi connectivity index (χ0v) is 11.8. The van der Waals surface area contributed by atoms with Gasteiger partial charge in [-0.1, -0.05) is 60.7 Å². The summed E-state index contributed by atoms with van der Waals surface area (Å²) in [7, 11) is 0. The van der Waals surface area contributed by atoms with Crippen molar-refractivity contribution in [2.45, 2.75) is 24.7 Å². The molecule has 0 heterocycles. The second-order valence-electron chi connectivity index (χ2n) is 5.44. The van der Waals surface area contributed by atoms with Gasteiger partial charge in [0.1, 0.15) is 0 Å². The Morgan fingerprint density at radius 3 is 1.50 bits per heavy atom. The minimum atomic E-state index is 0.511. The average molecular weight is 260 g/mol. The highest BCUT2D eigenvalue weighted by Gasteiger charge is 2.31. The van der Waals surface area contributed by atoms with Crippen LogP contribution in [-0.4, -0.2) is 0 Å². The van der Waals surface area contributed by atoms with Crippen molar-refractivity contribution in [3.8, 4) is 11.1 Å². The molecule has 2 atom stereocenters. The number of hydrogen-bond acceptors (Lipinski definition) is 0. The van der Waals surface area contributed by atoms with E-state index in [0.29, 0.717) is 11.8 Å². The van der Waals surface area contributed by atoms with Gasteiger partial charge < -0.3 is 0 Å². The van der Waals surface area contributed by atoms with E-state index in [2.05, 4.69) is 61.7 Å². The molecular weight excluding hydrogens is 240 g/mol. The van der Waals surface area contributed by atoms with Crippen molar-refractivity contribution in [3.05, 3.63) is 85.0 Å². The Labute approximate surface area is 121 Å². The normalized spacial score (nSPS) is 19.8. The lowest BCUT2D eigenvalue weighted by molar-refractivity contribution is 0.541. The predicted molar refractivity (Wildman–Crippen MR) is 87.0 cm³/mol. The van der Waals surface area contributed by atoms with Gasteiger partial charge in [0.2, 0.25) is 0 Å². The van der Waals surface area contributed by atoms with Crippen LogP contribution in [0.2, 0.25) is 0 Å². The third-order valence-electron chi connectivity index (χ3n) is 4.34. The lowest BCUT2D eigenvalue weighted by Crippen LogP contribution is -2.17. The maximum Gasteiger partial charge on any atom is -0.00493 e.